The molecule has 0 aromatic heterocycles. The maximum Gasteiger partial charge on any atom is 0.0566 e. The van der Waals surface area contributed by atoms with Crippen molar-refractivity contribution in [3.8, 4) is 0 Å². The Balaban J connectivity index is 2.19. The average Bonchev–Trinajstić information content (AvgIpc) is 1.77. The van der Waals surface area contributed by atoms with Crippen molar-refractivity contribution in [1.82, 2.24) is 5.06 Å². The van der Waals surface area contributed by atoms with Gasteiger partial charge < -0.3 is 5.11 Å². The average molecular weight is 116 g/mol. The smallest absolute Gasteiger partial charge is 0.0566 e. The minimum Gasteiger partial charge on any atom is -0.393 e. The van der Waals surface area contributed by atoms with Gasteiger partial charge in [-0.3, -0.25) is 0 Å². The van der Waals surface area contributed by atoms with Crippen LogP contribution in [0.2, 0.25) is 0 Å². The maximum atomic E-state index is 10.4. The van der Waals surface area contributed by atoms with Crippen LogP contribution in [0.5, 0.6) is 0 Å². The van der Waals surface area contributed by atoms with Crippen molar-refractivity contribution in [3.05, 3.63) is 0 Å². The number of aliphatic hydroxyl groups is 1. The lowest BCUT2D eigenvalue weighted by Gasteiger charge is -2.21. The van der Waals surface area contributed by atoms with Crippen LogP contribution >= 0.6 is 0 Å². The molecule has 3 nitrogen and oxygen atoms in total. The number of aliphatic hydroxyl groups excluding tert-OH is 1. The summed E-state index contributed by atoms with van der Waals surface area (Å²) in [6.45, 7) is 1.00. The third-order valence-electron chi connectivity index (χ3n) is 1.42. The molecule has 1 aliphatic rings. The Kier molecular flexibility index (Phi) is 1.83. The standard InChI is InChI=1S/C5H10NO2/c7-5-1-3-6(8)4-2-5/h5,7H,1-4H2. The summed E-state index contributed by atoms with van der Waals surface area (Å²) >= 11 is 0. The van der Waals surface area contributed by atoms with E-state index in [4.69, 9.17) is 5.11 Å². The molecule has 0 bridgehead atoms. The molecule has 3 heteroatoms. The van der Waals surface area contributed by atoms with Gasteiger partial charge in [-0.1, -0.05) is 0 Å². The topological polar surface area (TPSA) is 43.4 Å². The molecule has 0 atom stereocenters. The highest BCUT2D eigenvalue weighted by Gasteiger charge is 2.15. The fourth-order valence-electron chi connectivity index (χ4n) is 0.842. The first-order valence-corrected chi connectivity index (χ1v) is 2.89. The van der Waals surface area contributed by atoms with Crippen LogP contribution in [0.4, 0.5) is 0 Å². The van der Waals surface area contributed by atoms with Crippen LogP contribution < -0.4 is 0 Å². The molecule has 8 heavy (non-hydrogen) atoms. The lowest BCUT2D eigenvalue weighted by atomic mass is 10.1. The molecule has 0 saturated carbocycles. The zero-order valence-corrected chi connectivity index (χ0v) is 4.71. The summed E-state index contributed by atoms with van der Waals surface area (Å²) in [5.74, 6) is 0. The number of hydrogen-bond donors (Lipinski definition) is 1. The number of piperidine rings is 1. The van der Waals surface area contributed by atoms with Gasteiger partial charge in [0.15, 0.2) is 0 Å². The predicted molar refractivity (Wildman–Crippen MR) is 27.5 cm³/mol. The van der Waals surface area contributed by atoms with E-state index in [1.165, 1.54) is 0 Å². The molecule has 1 heterocycles. The van der Waals surface area contributed by atoms with Crippen molar-refractivity contribution in [1.29, 1.82) is 0 Å². The van der Waals surface area contributed by atoms with Crippen molar-refractivity contribution < 1.29 is 10.3 Å². The highest BCUT2D eigenvalue weighted by molar-refractivity contribution is 4.64. The largest absolute Gasteiger partial charge is 0.393 e. The molecule has 0 unspecified atom stereocenters. The SMILES string of the molecule is [O]N1CCC(O)CC1. The first-order chi connectivity index (χ1) is 3.79. The van der Waals surface area contributed by atoms with E-state index in [9.17, 15) is 5.21 Å². The molecule has 1 rings (SSSR count). The van der Waals surface area contributed by atoms with Gasteiger partial charge in [0.25, 0.3) is 0 Å². The number of rotatable bonds is 0. The summed E-state index contributed by atoms with van der Waals surface area (Å²) in [7, 11) is 0. The van der Waals surface area contributed by atoms with E-state index < -0.39 is 0 Å². The quantitative estimate of drug-likeness (QED) is 0.476. The fraction of sp³-hybridized carbons (Fsp3) is 1.00. The van der Waals surface area contributed by atoms with Crippen molar-refractivity contribution in [2.24, 2.45) is 0 Å². The van der Waals surface area contributed by atoms with Gasteiger partial charge >= 0.3 is 0 Å². The second kappa shape index (κ2) is 2.44. The van der Waals surface area contributed by atoms with Gasteiger partial charge in [0.05, 0.1) is 6.10 Å². The van der Waals surface area contributed by atoms with Crippen LogP contribution in [-0.2, 0) is 5.21 Å². The van der Waals surface area contributed by atoms with Gasteiger partial charge in [-0.2, -0.15) is 5.06 Å². The van der Waals surface area contributed by atoms with Gasteiger partial charge in [-0.15, -0.1) is 5.21 Å². The van der Waals surface area contributed by atoms with E-state index >= 15 is 0 Å². The van der Waals surface area contributed by atoms with E-state index in [2.05, 4.69) is 0 Å². The molecule has 1 aliphatic heterocycles. The minimum atomic E-state index is -0.222. The second-order valence-electron chi connectivity index (χ2n) is 2.16. The maximum absolute atomic E-state index is 10.4. The molecule has 0 spiro atoms. The van der Waals surface area contributed by atoms with E-state index in [-0.39, 0.29) is 6.10 Å². The monoisotopic (exact) mass is 116 g/mol. The van der Waals surface area contributed by atoms with Gasteiger partial charge in [-0.05, 0) is 12.8 Å². The highest BCUT2D eigenvalue weighted by atomic mass is 16.5. The molecule has 1 radical (unpaired) electrons. The van der Waals surface area contributed by atoms with Gasteiger partial charge in [0.2, 0.25) is 0 Å². The normalized spacial score (nSPS) is 26.2. The lowest BCUT2D eigenvalue weighted by molar-refractivity contribution is -0.178. The van der Waals surface area contributed by atoms with Crippen molar-refractivity contribution in [2.45, 2.75) is 18.9 Å². The van der Waals surface area contributed by atoms with Crippen molar-refractivity contribution in [3.63, 3.8) is 0 Å². The predicted octanol–water partition coefficient (Wildman–Crippen LogP) is -0.211. The summed E-state index contributed by atoms with van der Waals surface area (Å²) in [5.41, 5.74) is 0. The van der Waals surface area contributed by atoms with Crippen LogP contribution in [0.3, 0.4) is 0 Å². The zero-order valence-electron chi connectivity index (χ0n) is 4.71. The Morgan fingerprint density at radius 2 is 1.88 bits per heavy atom. The second-order valence-corrected chi connectivity index (χ2v) is 2.16. The third kappa shape index (κ3) is 1.43. The molecular weight excluding hydrogens is 106 g/mol. The summed E-state index contributed by atoms with van der Waals surface area (Å²) in [5, 5.41) is 20.3. The van der Waals surface area contributed by atoms with E-state index in [0.717, 1.165) is 5.06 Å². The van der Waals surface area contributed by atoms with Crippen molar-refractivity contribution >= 4 is 0 Å². The summed E-state index contributed by atoms with van der Waals surface area (Å²) in [4.78, 5) is 0. The van der Waals surface area contributed by atoms with Crippen LogP contribution in [0.1, 0.15) is 12.8 Å². The summed E-state index contributed by atoms with van der Waals surface area (Å²) in [6, 6.07) is 0. The molecule has 1 N–H and O–H groups in total. The Labute approximate surface area is 48.5 Å². The third-order valence-corrected chi connectivity index (χ3v) is 1.42. The van der Waals surface area contributed by atoms with Crippen LogP contribution in [0.15, 0.2) is 0 Å². The van der Waals surface area contributed by atoms with Crippen molar-refractivity contribution in [2.75, 3.05) is 13.1 Å². The number of hydroxylamine groups is 2. The van der Waals surface area contributed by atoms with E-state index in [1.54, 1.807) is 0 Å². The molecule has 0 aliphatic carbocycles. The minimum absolute atomic E-state index is 0.222. The molecular formula is C5H10NO2. The number of hydrogen-bond acceptors (Lipinski definition) is 2. The van der Waals surface area contributed by atoms with Gasteiger partial charge in [0, 0.05) is 13.1 Å². The first kappa shape index (κ1) is 6.01. The van der Waals surface area contributed by atoms with Crippen LogP contribution in [-0.4, -0.2) is 29.4 Å². The highest BCUT2D eigenvalue weighted by Crippen LogP contribution is 2.06. The summed E-state index contributed by atoms with van der Waals surface area (Å²) in [6.07, 6.45) is 1.06. The summed E-state index contributed by atoms with van der Waals surface area (Å²) < 4.78 is 0. The Morgan fingerprint density at radius 1 is 1.38 bits per heavy atom. The molecule has 0 amide bonds. The first-order valence-electron chi connectivity index (χ1n) is 2.89. The lowest BCUT2D eigenvalue weighted by Crippen LogP contribution is -2.32. The molecule has 1 fully saturated rings. The fourth-order valence-corrected chi connectivity index (χ4v) is 0.842. The zero-order chi connectivity index (χ0) is 5.98. The number of nitrogens with zero attached hydrogens (tertiary/aromatic N) is 1. The molecule has 47 valence electrons. The molecule has 1 saturated heterocycles. The molecule has 0 aromatic rings. The Hall–Kier alpha value is -0.120. The Bertz CT molecular complexity index is 58.8. The van der Waals surface area contributed by atoms with E-state index in [1.807, 2.05) is 0 Å². The van der Waals surface area contributed by atoms with Crippen LogP contribution in [0.25, 0.3) is 0 Å². The van der Waals surface area contributed by atoms with Gasteiger partial charge in [0.1, 0.15) is 0 Å². The Morgan fingerprint density at radius 3 is 2.25 bits per heavy atom. The van der Waals surface area contributed by atoms with Crippen LogP contribution in [0, 0.1) is 0 Å². The van der Waals surface area contributed by atoms with Gasteiger partial charge in [-0.25, -0.2) is 0 Å². The van der Waals surface area contributed by atoms with E-state index in [0.29, 0.717) is 25.9 Å². The molecule has 0 aromatic carbocycles.